The fourth-order valence-electron chi connectivity index (χ4n) is 2.68. The fourth-order valence-corrected chi connectivity index (χ4v) is 2.68. The van der Waals surface area contributed by atoms with Gasteiger partial charge in [-0.3, -0.25) is 0 Å². The lowest BCUT2D eigenvalue weighted by molar-refractivity contribution is 0.252. The highest BCUT2D eigenvalue weighted by Gasteiger charge is 2.06. The highest BCUT2D eigenvalue weighted by molar-refractivity contribution is 5.91. The largest absolute Gasteiger partial charge is 0.337 e. The van der Waals surface area contributed by atoms with Crippen LogP contribution in [-0.4, -0.2) is 32.5 Å². The Kier molecular flexibility index (Phi) is 5.06. The molecule has 7 nitrogen and oxygen atoms in total. The molecule has 26 heavy (non-hydrogen) atoms. The average molecular weight is 350 g/mol. The molecule has 2 heterocycles. The van der Waals surface area contributed by atoms with Crippen LogP contribution in [0.5, 0.6) is 0 Å². The summed E-state index contributed by atoms with van der Waals surface area (Å²) in [6.45, 7) is 8.18. The Morgan fingerprint density at radius 3 is 2.23 bits per heavy atom. The Balaban J connectivity index is 1.59. The first-order chi connectivity index (χ1) is 12.4. The van der Waals surface area contributed by atoms with Gasteiger partial charge in [-0.1, -0.05) is 0 Å². The van der Waals surface area contributed by atoms with Crippen molar-refractivity contribution in [2.24, 2.45) is 0 Å². The first-order valence-electron chi connectivity index (χ1n) is 8.52. The van der Waals surface area contributed by atoms with Crippen molar-refractivity contribution in [2.45, 2.75) is 34.1 Å². The molecule has 0 fully saturated rings. The van der Waals surface area contributed by atoms with Crippen molar-refractivity contribution in [1.82, 2.24) is 25.3 Å². The van der Waals surface area contributed by atoms with E-state index in [0.717, 1.165) is 39.6 Å². The molecule has 0 unspecified atom stereocenters. The summed E-state index contributed by atoms with van der Waals surface area (Å²) in [4.78, 5) is 29.8. The molecular weight excluding hydrogens is 328 g/mol. The van der Waals surface area contributed by atoms with Gasteiger partial charge in [-0.2, -0.15) is 0 Å². The summed E-state index contributed by atoms with van der Waals surface area (Å²) in [6, 6.07) is 7.15. The van der Waals surface area contributed by atoms with Crippen LogP contribution in [0.15, 0.2) is 24.3 Å². The number of nitrogens with one attached hydrogen (secondary N) is 2. The van der Waals surface area contributed by atoms with Crippen molar-refractivity contribution in [3.8, 4) is 0 Å². The number of nitrogens with zero attached hydrogens (tertiary/aromatic N) is 4. The first-order valence-corrected chi connectivity index (χ1v) is 8.52. The van der Waals surface area contributed by atoms with Gasteiger partial charge in [0.2, 0.25) is 0 Å². The van der Waals surface area contributed by atoms with Gasteiger partial charge in [-0.15, -0.1) is 0 Å². The maximum atomic E-state index is 12.1. The molecule has 7 heteroatoms. The average Bonchev–Trinajstić information content (AvgIpc) is 2.55. The smallest absolute Gasteiger partial charge is 0.319 e. The predicted molar refractivity (Wildman–Crippen MR) is 101 cm³/mol. The SMILES string of the molecule is Cc1cc(C)nc(CCNC(=O)Nc2ccc3nc(C)c(C)nc3c2)n1. The molecule has 0 saturated carbocycles. The van der Waals surface area contributed by atoms with Gasteiger partial charge in [0.25, 0.3) is 0 Å². The van der Waals surface area contributed by atoms with E-state index in [9.17, 15) is 4.79 Å². The zero-order valence-electron chi connectivity index (χ0n) is 15.4. The quantitative estimate of drug-likeness (QED) is 0.754. The van der Waals surface area contributed by atoms with Gasteiger partial charge in [0.1, 0.15) is 5.82 Å². The van der Waals surface area contributed by atoms with Crippen LogP contribution < -0.4 is 10.6 Å². The van der Waals surface area contributed by atoms with Crippen LogP contribution in [0, 0.1) is 27.7 Å². The van der Waals surface area contributed by atoms with Crippen molar-refractivity contribution >= 4 is 22.8 Å². The molecule has 134 valence electrons. The molecule has 0 aliphatic rings. The summed E-state index contributed by atoms with van der Waals surface area (Å²) in [6.07, 6.45) is 0.581. The van der Waals surface area contributed by atoms with Crippen molar-refractivity contribution in [1.29, 1.82) is 0 Å². The molecule has 3 rings (SSSR count). The van der Waals surface area contributed by atoms with Crippen molar-refractivity contribution < 1.29 is 4.79 Å². The van der Waals surface area contributed by atoms with Crippen molar-refractivity contribution in [3.63, 3.8) is 0 Å². The number of hydrogen-bond donors (Lipinski definition) is 2. The van der Waals surface area contributed by atoms with E-state index in [2.05, 4.69) is 30.6 Å². The van der Waals surface area contributed by atoms with E-state index in [1.165, 1.54) is 0 Å². The highest BCUT2D eigenvalue weighted by Crippen LogP contribution is 2.17. The summed E-state index contributed by atoms with van der Waals surface area (Å²) in [5.41, 5.74) is 5.90. The molecule has 2 aromatic heterocycles. The maximum absolute atomic E-state index is 12.1. The molecule has 0 saturated heterocycles. The minimum atomic E-state index is -0.273. The molecule has 2 N–H and O–H groups in total. The molecule has 0 radical (unpaired) electrons. The number of carbonyl (C=O) groups excluding carboxylic acids is 1. The Bertz CT molecular complexity index is 949. The van der Waals surface area contributed by atoms with Gasteiger partial charge < -0.3 is 10.6 Å². The summed E-state index contributed by atoms with van der Waals surface area (Å²) >= 11 is 0. The Morgan fingerprint density at radius 1 is 0.885 bits per heavy atom. The van der Waals surface area contributed by atoms with Crippen LogP contribution >= 0.6 is 0 Å². The normalized spacial score (nSPS) is 10.8. The number of benzene rings is 1. The van der Waals surface area contributed by atoms with Crippen molar-refractivity contribution in [3.05, 3.63) is 52.9 Å². The van der Waals surface area contributed by atoms with Crippen LogP contribution in [-0.2, 0) is 6.42 Å². The third kappa shape index (κ3) is 4.30. The molecular formula is C19H22N6O. The number of hydrogen-bond acceptors (Lipinski definition) is 5. The lowest BCUT2D eigenvalue weighted by Gasteiger charge is -2.09. The number of fused-ring (bicyclic) bond motifs is 1. The number of aromatic nitrogens is 4. The van der Waals surface area contributed by atoms with E-state index < -0.39 is 0 Å². The number of aryl methyl sites for hydroxylation is 4. The minimum Gasteiger partial charge on any atom is -0.337 e. The molecule has 0 atom stereocenters. The van der Waals surface area contributed by atoms with Crippen LogP contribution in [0.2, 0.25) is 0 Å². The Hall–Kier alpha value is -3.09. The summed E-state index contributed by atoms with van der Waals surface area (Å²) < 4.78 is 0. The molecule has 0 spiro atoms. The zero-order valence-corrected chi connectivity index (χ0v) is 15.4. The van der Waals surface area contributed by atoms with Gasteiger partial charge in [-0.05, 0) is 52.0 Å². The Morgan fingerprint density at radius 2 is 1.54 bits per heavy atom. The summed E-state index contributed by atoms with van der Waals surface area (Å²) in [5.74, 6) is 0.731. The first kappa shape index (κ1) is 17.7. The van der Waals surface area contributed by atoms with Gasteiger partial charge >= 0.3 is 6.03 Å². The molecule has 3 aromatic rings. The Labute approximate surface area is 152 Å². The van der Waals surface area contributed by atoms with Crippen LogP contribution in [0.3, 0.4) is 0 Å². The summed E-state index contributed by atoms with van der Waals surface area (Å²) in [5, 5.41) is 5.64. The second kappa shape index (κ2) is 7.43. The van der Waals surface area contributed by atoms with E-state index in [1.807, 2.05) is 52.0 Å². The fraction of sp³-hybridized carbons (Fsp3) is 0.316. The summed E-state index contributed by atoms with van der Waals surface area (Å²) in [7, 11) is 0. The van der Waals surface area contributed by atoms with Gasteiger partial charge in [-0.25, -0.2) is 24.7 Å². The van der Waals surface area contributed by atoms with E-state index >= 15 is 0 Å². The molecule has 0 aliphatic heterocycles. The van der Waals surface area contributed by atoms with Gasteiger partial charge in [0.15, 0.2) is 0 Å². The molecule has 0 bridgehead atoms. The van der Waals surface area contributed by atoms with Gasteiger partial charge in [0.05, 0.1) is 22.4 Å². The van der Waals surface area contributed by atoms with E-state index in [-0.39, 0.29) is 6.03 Å². The number of anilines is 1. The van der Waals surface area contributed by atoms with E-state index in [0.29, 0.717) is 18.7 Å². The number of urea groups is 1. The molecule has 1 aromatic carbocycles. The number of amides is 2. The zero-order chi connectivity index (χ0) is 18.7. The highest BCUT2D eigenvalue weighted by atomic mass is 16.2. The number of carbonyl (C=O) groups is 1. The predicted octanol–water partition coefficient (Wildman–Crippen LogP) is 3.02. The molecule has 2 amide bonds. The van der Waals surface area contributed by atoms with E-state index in [4.69, 9.17) is 0 Å². The van der Waals surface area contributed by atoms with Crippen LogP contribution in [0.1, 0.15) is 28.6 Å². The third-order valence-corrected chi connectivity index (χ3v) is 4.00. The second-order valence-electron chi connectivity index (χ2n) is 6.30. The monoisotopic (exact) mass is 350 g/mol. The van der Waals surface area contributed by atoms with Gasteiger partial charge in [0, 0.05) is 30.0 Å². The molecule has 0 aliphatic carbocycles. The lowest BCUT2D eigenvalue weighted by Crippen LogP contribution is -2.30. The van der Waals surface area contributed by atoms with Crippen LogP contribution in [0.4, 0.5) is 10.5 Å². The van der Waals surface area contributed by atoms with E-state index in [1.54, 1.807) is 0 Å². The second-order valence-corrected chi connectivity index (χ2v) is 6.30. The topological polar surface area (TPSA) is 92.7 Å². The maximum Gasteiger partial charge on any atom is 0.319 e. The van der Waals surface area contributed by atoms with Crippen LogP contribution in [0.25, 0.3) is 11.0 Å². The standard InChI is InChI=1S/C19H22N6O/c1-11-9-12(2)22-18(21-11)7-8-20-19(26)25-15-5-6-16-17(10-15)24-14(4)13(3)23-16/h5-6,9-10H,7-8H2,1-4H3,(H2,20,25,26). The third-order valence-electron chi connectivity index (χ3n) is 4.00. The minimum absolute atomic E-state index is 0.273. The number of rotatable bonds is 4. The lowest BCUT2D eigenvalue weighted by atomic mass is 10.2. The van der Waals surface area contributed by atoms with Crippen molar-refractivity contribution in [2.75, 3.05) is 11.9 Å².